The number of thioether (sulfide) groups is 1. The van der Waals surface area contributed by atoms with Crippen molar-refractivity contribution in [3.8, 4) is 0 Å². The van der Waals surface area contributed by atoms with E-state index >= 15 is 0 Å². The topological polar surface area (TPSA) is 45.7 Å². The number of nitrogens with one attached hydrogen (secondary N) is 2. The summed E-state index contributed by atoms with van der Waals surface area (Å²) in [6.45, 7) is 13.1. The molecule has 1 aliphatic heterocycles. The van der Waals surface area contributed by atoms with E-state index in [2.05, 4.69) is 62.6 Å². The van der Waals surface area contributed by atoms with E-state index in [1.807, 2.05) is 11.8 Å². The molecule has 1 saturated heterocycles. The first-order valence-electron chi connectivity index (χ1n) is 9.89. The van der Waals surface area contributed by atoms with Crippen LogP contribution in [0.15, 0.2) is 29.3 Å². The molecule has 1 fully saturated rings. The van der Waals surface area contributed by atoms with Crippen molar-refractivity contribution >= 4 is 17.7 Å². The van der Waals surface area contributed by atoms with Gasteiger partial charge in [-0.05, 0) is 43.9 Å². The molecule has 0 radical (unpaired) electrons. The minimum atomic E-state index is 0.234. The normalized spacial score (nSPS) is 18.4. The smallest absolute Gasteiger partial charge is 0.191 e. The molecular formula is C21H35N3OS. The Kier molecular flexibility index (Phi) is 8.79. The highest BCUT2D eigenvalue weighted by molar-refractivity contribution is 8.00. The maximum atomic E-state index is 5.57. The van der Waals surface area contributed by atoms with Gasteiger partial charge in [-0.2, -0.15) is 11.8 Å². The maximum Gasteiger partial charge on any atom is 0.191 e. The van der Waals surface area contributed by atoms with Gasteiger partial charge in [0, 0.05) is 31.1 Å². The van der Waals surface area contributed by atoms with Crippen LogP contribution in [0.5, 0.6) is 0 Å². The summed E-state index contributed by atoms with van der Waals surface area (Å²) in [7, 11) is 0. The van der Waals surface area contributed by atoms with Crippen LogP contribution in [-0.2, 0) is 4.74 Å². The summed E-state index contributed by atoms with van der Waals surface area (Å²) < 4.78 is 5.80. The van der Waals surface area contributed by atoms with Gasteiger partial charge < -0.3 is 15.4 Å². The number of aryl methyl sites for hydroxylation is 1. The summed E-state index contributed by atoms with van der Waals surface area (Å²) in [4.78, 5) is 4.93. The minimum absolute atomic E-state index is 0.234. The zero-order chi connectivity index (χ0) is 18.8. The third-order valence-electron chi connectivity index (χ3n) is 4.95. The lowest BCUT2D eigenvalue weighted by Crippen LogP contribution is -2.42. The van der Waals surface area contributed by atoms with E-state index in [0.29, 0.717) is 5.92 Å². The molecule has 0 amide bonds. The molecule has 1 heterocycles. The lowest BCUT2D eigenvalue weighted by atomic mass is 9.99. The Bertz CT molecular complexity index is 547. The Morgan fingerprint density at radius 3 is 2.50 bits per heavy atom. The lowest BCUT2D eigenvalue weighted by molar-refractivity contribution is 0.0793. The Morgan fingerprint density at radius 2 is 1.88 bits per heavy atom. The van der Waals surface area contributed by atoms with Crippen LogP contribution in [0, 0.1) is 6.92 Å². The van der Waals surface area contributed by atoms with Crippen molar-refractivity contribution in [3.05, 3.63) is 35.4 Å². The van der Waals surface area contributed by atoms with Gasteiger partial charge in [-0.1, -0.05) is 43.7 Å². The molecule has 0 bridgehead atoms. The number of guanidine groups is 1. The van der Waals surface area contributed by atoms with E-state index < -0.39 is 0 Å². The molecule has 0 spiro atoms. The molecule has 26 heavy (non-hydrogen) atoms. The van der Waals surface area contributed by atoms with Crippen molar-refractivity contribution in [1.82, 2.24) is 10.6 Å². The first kappa shape index (κ1) is 21.1. The van der Waals surface area contributed by atoms with Gasteiger partial charge in [0.2, 0.25) is 0 Å². The van der Waals surface area contributed by atoms with E-state index in [9.17, 15) is 0 Å². The minimum Gasteiger partial charge on any atom is -0.381 e. The average Bonchev–Trinajstić information content (AvgIpc) is 2.65. The predicted octanol–water partition coefficient (Wildman–Crippen LogP) is 3.96. The van der Waals surface area contributed by atoms with Crippen LogP contribution in [0.1, 0.15) is 50.7 Å². The van der Waals surface area contributed by atoms with Crippen LogP contribution in [0.2, 0.25) is 0 Å². The van der Waals surface area contributed by atoms with Gasteiger partial charge in [0.25, 0.3) is 0 Å². The van der Waals surface area contributed by atoms with Crippen molar-refractivity contribution in [3.63, 3.8) is 0 Å². The summed E-state index contributed by atoms with van der Waals surface area (Å²) in [5, 5.41) is 6.93. The van der Waals surface area contributed by atoms with Gasteiger partial charge in [-0.15, -0.1) is 0 Å². The number of hydrogen-bond donors (Lipinski definition) is 2. The average molecular weight is 378 g/mol. The quantitative estimate of drug-likeness (QED) is 0.532. The second kappa shape index (κ2) is 10.8. The molecule has 4 nitrogen and oxygen atoms in total. The zero-order valence-corrected chi connectivity index (χ0v) is 17.6. The molecule has 0 aliphatic carbocycles. The summed E-state index contributed by atoms with van der Waals surface area (Å²) in [5.74, 6) is 2.50. The number of nitrogens with zero attached hydrogens (tertiary/aromatic N) is 1. The van der Waals surface area contributed by atoms with Crippen molar-refractivity contribution < 1.29 is 4.74 Å². The summed E-state index contributed by atoms with van der Waals surface area (Å²) in [6, 6.07) is 8.81. The first-order chi connectivity index (χ1) is 12.6. The molecule has 1 aromatic rings. The van der Waals surface area contributed by atoms with E-state index in [1.165, 1.54) is 11.1 Å². The molecule has 2 N–H and O–H groups in total. The van der Waals surface area contributed by atoms with Gasteiger partial charge in [0.1, 0.15) is 0 Å². The van der Waals surface area contributed by atoms with E-state index in [1.54, 1.807) is 0 Å². The van der Waals surface area contributed by atoms with Crippen LogP contribution < -0.4 is 10.6 Å². The van der Waals surface area contributed by atoms with Crippen molar-refractivity contribution in [2.45, 2.75) is 51.2 Å². The highest BCUT2D eigenvalue weighted by Crippen LogP contribution is 2.35. The summed E-state index contributed by atoms with van der Waals surface area (Å²) in [6.07, 6.45) is 2.18. The fourth-order valence-corrected chi connectivity index (χ4v) is 4.45. The third kappa shape index (κ3) is 6.51. The van der Waals surface area contributed by atoms with Gasteiger partial charge >= 0.3 is 0 Å². The first-order valence-corrected chi connectivity index (χ1v) is 10.9. The third-order valence-corrected chi connectivity index (χ3v) is 6.38. The van der Waals surface area contributed by atoms with Crippen molar-refractivity contribution in [2.75, 3.05) is 38.6 Å². The number of rotatable bonds is 8. The Labute approximate surface area is 163 Å². The molecule has 2 rings (SSSR count). The van der Waals surface area contributed by atoms with Crippen LogP contribution >= 0.6 is 11.8 Å². The van der Waals surface area contributed by atoms with Gasteiger partial charge in [-0.3, -0.25) is 4.99 Å². The second-order valence-corrected chi connectivity index (χ2v) is 8.85. The molecule has 1 aliphatic rings. The number of hydrogen-bond acceptors (Lipinski definition) is 3. The van der Waals surface area contributed by atoms with Gasteiger partial charge in [0.15, 0.2) is 5.96 Å². The summed E-state index contributed by atoms with van der Waals surface area (Å²) >= 11 is 2.04. The predicted molar refractivity (Wildman–Crippen MR) is 114 cm³/mol. The Morgan fingerprint density at radius 1 is 1.19 bits per heavy atom. The molecule has 1 atom stereocenters. The molecule has 1 unspecified atom stereocenters. The lowest BCUT2D eigenvalue weighted by Gasteiger charge is -2.35. The molecular weight excluding hydrogens is 342 g/mol. The highest BCUT2D eigenvalue weighted by atomic mass is 32.2. The van der Waals surface area contributed by atoms with Crippen LogP contribution in [0.4, 0.5) is 0 Å². The fourth-order valence-electron chi connectivity index (χ4n) is 3.23. The fraction of sp³-hybridized carbons (Fsp3) is 0.667. The molecule has 1 aromatic carbocycles. The molecule has 5 heteroatoms. The van der Waals surface area contributed by atoms with Gasteiger partial charge in [-0.25, -0.2) is 0 Å². The SMILES string of the molecule is CCNC(=NCC1(SCC)CCOCC1)NCC(C)c1ccc(C)cc1. The summed E-state index contributed by atoms with van der Waals surface area (Å²) in [5.41, 5.74) is 2.67. The van der Waals surface area contributed by atoms with Crippen molar-refractivity contribution in [1.29, 1.82) is 0 Å². The monoisotopic (exact) mass is 377 g/mol. The molecule has 0 saturated carbocycles. The Balaban J connectivity index is 1.95. The second-order valence-electron chi connectivity index (χ2n) is 7.12. The Hall–Kier alpha value is -1.20. The van der Waals surface area contributed by atoms with Crippen LogP contribution in [-0.4, -0.2) is 49.3 Å². The van der Waals surface area contributed by atoms with Gasteiger partial charge in [0.05, 0.1) is 6.54 Å². The zero-order valence-electron chi connectivity index (χ0n) is 16.8. The maximum absolute atomic E-state index is 5.57. The van der Waals surface area contributed by atoms with E-state index in [4.69, 9.17) is 9.73 Å². The largest absolute Gasteiger partial charge is 0.381 e. The number of ether oxygens (including phenoxy) is 1. The highest BCUT2D eigenvalue weighted by Gasteiger charge is 2.32. The number of benzene rings is 1. The standard InChI is InChI=1S/C21H35N3OS/c1-5-22-20(23-15-18(4)19-9-7-17(3)8-10-19)24-16-21(26-6-2)11-13-25-14-12-21/h7-10,18H,5-6,11-16H2,1-4H3,(H2,22,23,24). The van der Waals surface area contributed by atoms with Crippen LogP contribution in [0.3, 0.4) is 0 Å². The van der Waals surface area contributed by atoms with Crippen LogP contribution in [0.25, 0.3) is 0 Å². The van der Waals surface area contributed by atoms with E-state index in [-0.39, 0.29) is 4.75 Å². The molecule has 0 aromatic heterocycles. The van der Waals surface area contributed by atoms with E-state index in [0.717, 1.165) is 57.4 Å². The molecule has 146 valence electrons. The number of aliphatic imine (C=N–C) groups is 1. The van der Waals surface area contributed by atoms with Crippen molar-refractivity contribution in [2.24, 2.45) is 4.99 Å².